The van der Waals surface area contributed by atoms with E-state index in [-0.39, 0.29) is 6.08 Å². The summed E-state index contributed by atoms with van der Waals surface area (Å²) >= 11 is 0. The molecule has 2 atom stereocenters. The Morgan fingerprint density at radius 2 is 1.93 bits per heavy atom. The second-order valence-electron chi connectivity index (χ2n) is 4.06. The molecule has 1 N–H and O–H groups in total. The molecule has 0 aliphatic heterocycles. The van der Waals surface area contributed by atoms with Gasteiger partial charge in [-0.25, -0.2) is 0 Å². The van der Waals surface area contributed by atoms with Gasteiger partial charge in [0.2, 0.25) is 0 Å². The van der Waals surface area contributed by atoms with E-state index in [0.29, 0.717) is 0 Å². The molecule has 0 radical (unpaired) electrons. The Morgan fingerprint density at radius 1 is 1.43 bits per heavy atom. The molecule has 2 nitrogen and oxygen atoms in total. The van der Waals surface area contributed by atoms with Crippen LogP contribution in [0.1, 0.15) is 13.8 Å². The molecule has 1 rings (SSSR count). The van der Waals surface area contributed by atoms with Crippen molar-refractivity contribution in [3.05, 3.63) is 12.2 Å². The van der Waals surface area contributed by atoms with Gasteiger partial charge in [0.05, 0.1) is 5.92 Å². The van der Waals surface area contributed by atoms with Crippen LogP contribution in [-0.2, 0) is 4.79 Å². The van der Waals surface area contributed by atoms with Crippen molar-refractivity contribution in [1.82, 2.24) is 0 Å². The van der Waals surface area contributed by atoms with Crippen LogP contribution in [-0.4, -0.2) is 17.3 Å². The Morgan fingerprint density at radius 3 is 2.21 bits per heavy atom. The van der Waals surface area contributed by atoms with Crippen LogP contribution in [0, 0.1) is 17.3 Å². The fourth-order valence-corrected chi connectivity index (χ4v) is 1.72. The lowest BCUT2D eigenvalue weighted by molar-refractivity contribution is -0.139. The number of hydrogen-bond donors (Lipinski definition) is 1. The zero-order valence-electron chi connectivity index (χ0n) is 7.80. The molecule has 5 heteroatoms. The van der Waals surface area contributed by atoms with E-state index < -0.39 is 29.4 Å². The predicted octanol–water partition coefficient (Wildman–Crippen LogP) is 2.46. The first-order valence-corrected chi connectivity index (χ1v) is 4.15. The lowest BCUT2D eigenvalue weighted by Crippen LogP contribution is -2.03. The molecular weight excluding hydrogens is 197 g/mol. The molecule has 0 spiro atoms. The molecule has 1 aliphatic rings. The third-order valence-corrected chi connectivity index (χ3v) is 2.67. The molecule has 80 valence electrons. The van der Waals surface area contributed by atoms with Gasteiger partial charge >= 0.3 is 12.1 Å². The number of rotatable bonds is 2. The summed E-state index contributed by atoms with van der Waals surface area (Å²) in [4.78, 5) is 10.6. The maximum absolute atomic E-state index is 11.8. The number of carbonyl (C=O) groups is 1. The quantitative estimate of drug-likeness (QED) is 0.708. The molecule has 0 bridgehead atoms. The maximum Gasteiger partial charge on any atom is 0.409 e. The zero-order valence-corrected chi connectivity index (χ0v) is 7.80. The smallest absolute Gasteiger partial charge is 0.409 e. The third-order valence-electron chi connectivity index (χ3n) is 2.67. The Labute approximate surface area is 79.4 Å². The van der Waals surface area contributed by atoms with Gasteiger partial charge in [-0.3, -0.25) is 4.79 Å². The van der Waals surface area contributed by atoms with Crippen molar-refractivity contribution in [1.29, 1.82) is 0 Å². The van der Waals surface area contributed by atoms with E-state index in [1.165, 1.54) is 0 Å². The third kappa shape index (κ3) is 2.08. The Kier molecular flexibility index (Phi) is 2.37. The highest BCUT2D eigenvalue weighted by Crippen LogP contribution is 2.59. The van der Waals surface area contributed by atoms with Gasteiger partial charge in [0.25, 0.3) is 0 Å². The van der Waals surface area contributed by atoms with Gasteiger partial charge in [0.1, 0.15) is 0 Å². The summed E-state index contributed by atoms with van der Waals surface area (Å²) in [7, 11) is 0. The fourth-order valence-electron chi connectivity index (χ4n) is 1.72. The first-order valence-electron chi connectivity index (χ1n) is 4.15. The van der Waals surface area contributed by atoms with Crippen molar-refractivity contribution in [2.24, 2.45) is 17.3 Å². The van der Waals surface area contributed by atoms with Crippen LogP contribution in [0.25, 0.3) is 0 Å². The van der Waals surface area contributed by atoms with Gasteiger partial charge in [-0.2, -0.15) is 13.2 Å². The van der Waals surface area contributed by atoms with Crippen molar-refractivity contribution in [3.63, 3.8) is 0 Å². The molecule has 1 aliphatic carbocycles. The van der Waals surface area contributed by atoms with E-state index in [1.807, 2.05) is 0 Å². The molecule has 0 unspecified atom stereocenters. The molecule has 1 fully saturated rings. The van der Waals surface area contributed by atoms with Crippen molar-refractivity contribution in [2.45, 2.75) is 20.0 Å². The molecule has 0 aromatic rings. The van der Waals surface area contributed by atoms with Gasteiger partial charge < -0.3 is 5.11 Å². The van der Waals surface area contributed by atoms with E-state index in [2.05, 4.69) is 0 Å². The highest BCUT2D eigenvalue weighted by atomic mass is 19.4. The van der Waals surface area contributed by atoms with Gasteiger partial charge in [-0.05, 0) is 11.3 Å². The molecule has 0 heterocycles. The number of alkyl halides is 3. The van der Waals surface area contributed by atoms with Crippen molar-refractivity contribution in [2.75, 3.05) is 0 Å². The topological polar surface area (TPSA) is 37.3 Å². The van der Waals surface area contributed by atoms with Crippen molar-refractivity contribution in [3.8, 4) is 0 Å². The predicted molar refractivity (Wildman–Crippen MR) is 43.6 cm³/mol. The first kappa shape index (κ1) is 11.1. The van der Waals surface area contributed by atoms with Crippen LogP contribution in [0.3, 0.4) is 0 Å². The number of aliphatic carboxylic acids is 1. The second kappa shape index (κ2) is 3.00. The molecule has 14 heavy (non-hydrogen) atoms. The Hall–Kier alpha value is -1.00. The van der Waals surface area contributed by atoms with Crippen molar-refractivity contribution < 1.29 is 23.1 Å². The number of carboxylic acid groups (broad SMARTS) is 1. The van der Waals surface area contributed by atoms with Crippen LogP contribution in [0.4, 0.5) is 13.2 Å². The zero-order chi connectivity index (χ0) is 11.1. The molecule has 0 saturated heterocycles. The largest absolute Gasteiger partial charge is 0.481 e. The van der Waals surface area contributed by atoms with Gasteiger partial charge in [0.15, 0.2) is 0 Å². The standard InChI is InChI=1S/C9H11F3O2/c1-8(2)5(6(8)7(13)14)3-4-9(10,11)12/h3-6H,1-2H3,(H,13,14)/t5-,6+/m0/s1. The average molecular weight is 208 g/mol. The van der Waals surface area contributed by atoms with E-state index in [4.69, 9.17) is 5.11 Å². The molecule has 1 saturated carbocycles. The Bertz CT molecular complexity index is 278. The monoisotopic (exact) mass is 208 g/mol. The molecule has 0 aromatic heterocycles. The number of halogens is 3. The van der Waals surface area contributed by atoms with Crippen LogP contribution in [0.15, 0.2) is 12.2 Å². The summed E-state index contributed by atoms with van der Waals surface area (Å²) in [5.74, 6) is -2.24. The van der Waals surface area contributed by atoms with E-state index in [9.17, 15) is 18.0 Å². The minimum Gasteiger partial charge on any atom is -0.481 e. The van der Waals surface area contributed by atoms with Gasteiger partial charge in [-0.1, -0.05) is 19.9 Å². The van der Waals surface area contributed by atoms with Gasteiger partial charge in [0, 0.05) is 6.08 Å². The number of allylic oxidation sites excluding steroid dienone is 2. The highest BCUT2D eigenvalue weighted by Gasteiger charge is 2.60. The van der Waals surface area contributed by atoms with E-state index in [0.717, 1.165) is 6.08 Å². The SMILES string of the molecule is CC1(C)[C@@H](C=CC(F)(F)F)[C@@H]1C(=O)O. The minimum absolute atomic E-state index is 0.113. The molecular formula is C9H11F3O2. The van der Waals surface area contributed by atoms with Crippen LogP contribution in [0.5, 0.6) is 0 Å². The summed E-state index contributed by atoms with van der Waals surface area (Å²) in [6.07, 6.45) is -3.30. The van der Waals surface area contributed by atoms with Gasteiger partial charge in [-0.15, -0.1) is 0 Å². The molecule has 0 amide bonds. The van der Waals surface area contributed by atoms with Crippen LogP contribution >= 0.6 is 0 Å². The first-order chi connectivity index (χ1) is 6.16. The van der Waals surface area contributed by atoms with Crippen LogP contribution < -0.4 is 0 Å². The molecule has 0 aromatic carbocycles. The number of hydrogen-bond acceptors (Lipinski definition) is 1. The number of carboxylic acids is 1. The lowest BCUT2D eigenvalue weighted by atomic mass is 10.1. The minimum atomic E-state index is -4.36. The normalized spacial score (nSPS) is 30.6. The maximum atomic E-state index is 11.8. The van der Waals surface area contributed by atoms with Crippen molar-refractivity contribution >= 4 is 5.97 Å². The highest BCUT2D eigenvalue weighted by molar-refractivity contribution is 5.76. The van der Waals surface area contributed by atoms with E-state index in [1.54, 1.807) is 13.8 Å². The summed E-state index contributed by atoms with van der Waals surface area (Å²) in [5, 5.41) is 8.67. The Balaban J connectivity index is 2.67. The fraction of sp³-hybridized carbons (Fsp3) is 0.667. The summed E-state index contributed by atoms with van der Waals surface area (Å²) < 4.78 is 35.4. The van der Waals surface area contributed by atoms with E-state index >= 15 is 0 Å². The summed E-state index contributed by atoms with van der Waals surface area (Å²) in [6.45, 7) is 3.30. The second-order valence-corrected chi connectivity index (χ2v) is 4.06. The summed E-state index contributed by atoms with van der Waals surface area (Å²) in [5.41, 5.74) is -0.562. The van der Waals surface area contributed by atoms with Crippen LogP contribution in [0.2, 0.25) is 0 Å². The summed E-state index contributed by atoms with van der Waals surface area (Å²) in [6, 6.07) is 0. The average Bonchev–Trinajstić information content (AvgIpc) is 2.47. The lowest BCUT2D eigenvalue weighted by Gasteiger charge is -1.98.